The molecule has 1 aromatic rings. The fourth-order valence-corrected chi connectivity index (χ4v) is 4.47. The van der Waals surface area contributed by atoms with Gasteiger partial charge < -0.3 is 15.0 Å². The molecule has 126 valence electrons. The lowest BCUT2D eigenvalue weighted by Crippen LogP contribution is -2.45. The predicted octanol–water partition coefficient (Wildman–Crippen LogP) is 1.41. The van der Waals surface area contributed by atoms with Crippen LogP contribution in [0.2, 0.25) is 0 Å². The predicted molar refractivity (Wildman–Crippen MR) is 91.9 cm³/mol. The van der Waals surface area contributed by atoms with Crippen LogP contribution >= 0.6 is 23.1 Å². The van der Waals surface area contributed by atoms with E-state index >= 15 is 0 Å². The molecule has 2 amide bonds. The van der Waals surface area contributed by atoms with Crippen LogP contribution in [0, 0.1) is 0 Å². The van der Waals surface area contributed by atoms with Gasteiger partial charge in [-0.25, -0.2) is 0 Å². The van der Waals surface area contributed by atoms with Crippen molar-refractivity contribution in [1.29, 1.82) is 0 Å². The highest BCUT2D eigenvalue weighted by Gasteiger charge is 2.26. The SMILES string of the molecule is O=C(CN1CCSC1=O)NC[C@@H](c1cccs1)N1CCOCC1. The first kappa shape index (κ1) is 16.8. The summed E-state index contributed by atoms with van der Waals surface area (Å²) < 4.78 is 5.42. The largest absolute Gasteiger partial charge is 0.379 e. The summed E-state index contributed by atoms with van der Waals surface area (Å²) in [6.07, 6.45) is 0. The minimum atomic E-state index is -0.0873. The van der Waals surface area contributed by atoms with Gasteiger partial charge in [0.2, 0.25) is 5.91 Å². The molecule has 2 fully saturated rings. The van der Waals surface area contributed by atoms with E-state index in [0.29, 0.717) is 13.1 Å². The summed E-state index contributed by atoms with van der Waals surface area (Å²) in [6.45, 7) is 4.60. The second kappa shape index (κ2) is 8.14. The maximum Gasteiger partial charge on any atom is 0.282 e. The van der Waals surface area contributed by atoms with Crippen LogP contribution < -0.4 is 5.32 Å². The Morgan fingerprint density at radius 2 is 2.17 bits per heavy atom. The normalized spacial score (nSPS) is 20.7. The number of thioether (sulfide) groups is 1. The number of rotatable bonds is 6. The van der Waals surface area contributed by atoms with E-state index in [4.69, 9.17) is 4.74 Å². The molecule has 0 aromatic carbocycles. The number of amides is 2. The van der Waals surface area contributed by atoms with Crippen molar-refractivity contribution < 1.29 is 14.3 Å². The van der Waals surface area contributed by atoms with Crippen molar-refractivity contribution in [1.82, 2.24) is 15.1 Å². The fraction of sp³-hybridized carbons (Fsp3) is 0.600. The highest BCUT2D eigenvalue weighted by Crippen LogP contribution is 2.25. The van der Waals surface area contributed by atoms with Crippen molar-refractivity contribution in [2.75, 3.05) is 51.7 Å². The lowest BCUT2D eigenvalue weighted by Gasteiger charge is -2.34. The molecule has 6 nitrogen and oxygen atoms in total. The fourth-order valence-electron chi connectivity index (χ4n) is 2.79. The molecule has 1 atom stereocenters. The lowest BCUT2D eigenvalue weighted by atomic mass is 10.2. The van der Waals surface area contributed by atoms with E-state index in [0.717, 1.165) is 32.1 Å². The van der Waals surface area contributed by atoms with Crippen LogP contribution in [0.3, 0.4) is 0 Å². The van der Waals surface area contributed by atoms with Gasteiger partial charge in [-0.3, -0.25) is 14.5 Å². The van der Waals surface area contributed by atoms with Gasteiger partial charge in [0.1, 0.15) is 6.54 Å². The number of hydrogen-bond acceptors (Lipinski definition) is 6. The van der Waals surface area contributed by atoms with Gasteiger partial charge in [0, 0.05) is 36.8 Å². The van der Waals surface area contributed by atoms with E-state index < -0.39 is 0 Å². The topological polar surface area (TPSA) is 61.9 Å². The van der Waals surface area contributed by atoms with Gasteiger partial charge in [-0.1, -0.05) is 17.8 Å². The van der Waals surface area contributed by atoms with Gasteiger partial charge in [0.05, 0.1) is 19.3 Å². The third kappa shape index (κ3) is 4.47. The standard InChI is InChI=1S/C15H21N3O3S2/c19-14(11-18-5-9-23-15(18)20)16-10-12(13-2-1-8-22-13)17-3-6-21-7-4-17/h1-2,8,12H,3-7,9-11H2,(H,16,19)/t12-/m0/s1. The van der Waals surface area contributed by atoms with Crippen molar-refractivity contribution in [3.63, 3.8) is 0 Å². The summed E-state index contributed by atoms with van der Waals surface area (Å²) in [7, 11) is 0. The Labute approximate surface area is 144 Å². The van der Waals surface area contributed by atoms with Crippen molar-refractivity contribution in [2.45, 2.75) is 6.04 Å². The van der Waals surface area contributed by atoms with Gasteiger partial charge in [0.15, 0.2) is 0 Å². The van der Waals surface area contributed by atoms with Crippen molar-refractivity contribution in [2.24, 2.45) is 0 Å². The zero-order valence-electron chi connectivity index (χ0n) is 12.9. The average Bonchev–Trinajstić information content (AvgIpc) is 3.22. The van der Waals surface area contributed by atoms with Crippen LogP contribution in [0.4, 0.5) is 4.79 Å². The van der Waals surface area contributed by atoms with E-state index in [1.54, 1.807) is 16.2 Å². The van der Waals surface area contributed by atoms with Crippen molar-refractivity contribution >= 4 is 34.2 Å². The number of nitrogens with zero attached hydrogens (tertiary/aromatic N) is 2. The number of carbonyl (C=O) groups excluding carboxylic acids is 2. The smallest absolute Gasteiger partial charge is 0.282 e. The molecule has 0 unspecified atom stereocenters. The van der Waals surface area contributed by atoms with Gasteiger partial charge in [0.25, 0.3) is 5.24 Å². The van der Waals surface area contributed by atoms with Crippen LogP contribution in [0.5, 0.6) is 0 Å². The monoisotopic (exact) mass is 355 g/mol. The summed E-state index contributed by atoms with van der Waals surface area (Å²) in [4.78, 5) is 28.9. The van der Waals surface area contributed by atoms with E-state index in [-0.39, 0.29) is 23.7 Å². The maximum absolute atomic E-state index is 12.1. The van der Waals surface area contributed by atoms with Crippen LogP contribution in [-0.4, -0.2) is 72.6 Å². The number of ether oxygens (including phenoxy) is 1. The molecule has 0 radical (unpaired) electrons. The molecule has 0 bridgehead atoms. The zero-order chi connectivity index (χ0) is 16.1. The molecule has 8 heteroatoms. The Morgan fingerprint density at radius 3 is 2.83 bits per heavy atom. The van der Waals surface area contributed by atoms with Crippen LogP contribution in [-0.2, 0) is 9.53 Å². The average molecular weight is 355 g/mol. The number of carbonyl (C=O) groups is 2. The summed E-state index contributed by atoms with van der Waals surface area (Å²) in [5.41, 5.74) is 0. The van der Waals surface area contributed by atoms with E-state index in [1.807, 2.05) is 6.07 Å². The van der Waals surface area contributed by atoms with E-state index in [2.05, 4.69) is 21.7 Å². The molecule has 1 N–H and O–H groups in total. The minimum Gasteiger partial charge on any atom is -0.379 e. The molecular formula is C15H21N3O3S2. The van der Waals surface area contributed by atoms with Gasteiger partial charge in [-0.2, -0.15) is 0 Å². The van der Waals surface area contributed by atoms with Gasteiger partial charge in [-0.05, 0) is 11.4 Å². The quantitative estimate of drug-likeness (QED) is 0.836. The van der Waals surface area contributed by atoms with Crippen LogP contribution in [0.25, 0.3) is 0 Å². The molecule has 1 aromatic heterocycles. The third-order valence-electron chi connectivity index (χ3n) is 4.03. The molecule has 3 heterocycles. The molecule has 0 spiro atoms. The Bertz CT molecular complexity index is 532. The summed E-state index contributed by atoms with van der Waals surface area (Å²) in [5.74, 6) is 0.688. The molecular weight excluding hydrogens is 334 g/mol. The van der Waals surface area contributed by atoms with Gasteiger partial charge in [-0.15, -0.1) is 11.3 Å². The lowest BCUT2D eigenvalue weighted by molar-refractivity contribution is -0.121. The second-order valence-corrected chi connectivity index (χ2v) is 7.54. The maximum atomic E-state index is 12.1. The first-order valence-corrected chi connectivity index (χ1v) is 9.64. The van der Waals surface area contributed by atoms with Crippen LogP contribution in [0.15, 0.2) is 17.5 Å². The number of morpholine rings is 1. The molecule has 2 saturated heterocycles. The summed E-state index contributed by atoms with van der Waals surface area (Å²) >= 11 is 2.99. The summed E-state index contributed by atoms with van der Waals surface area (Å²) in [6, 6.07) is 4.32. The summed E-state index contributed by atoms with van der Waals surface area (Å²) in [5, 5.41) is 5.06. The molecule has 3 rings (SSSR count). The van der Waals surface area contributed by atoms with Crippen molar-refractivity contribution in [3.8, 4) is 0 Å². The zero-order valence-corrected chi connectivity index (χ0v) is 14.5. The Balaban J connectivity index is 1.55. The number of thiophene rings is 1. The molecule has 0 saturated carbocycles. The Hall–Kier alpha value is -1.09. The Kier molecular flexibility index (Phi) is 5.93. The first-order chi connectivity index (χ1) is 11.2. The number of nitrogens with one attached hydrogen (secondary N) is 1. The highest BCUT2D eigenvalue weighted by atomic mass is 32.2. The molecule has 23 heavy (non-hydrogen) atoms. The first-order valence-electron chi connectivity index (χ1n) is 7.77. The van der Waals surface area contributed by atoms with E-state index in [1.165, 1.54) is 16.6 Å². The van der Waals surface area contributed by atoms with Crippen molar-refractivity contribution in [3.05, 3.63) is 22.4 Å². The second-order valence-electron chi connectivity index (χ2n) is 5.52. The minimum absolute atomic E-state index is 0.00290. The highest BCUT2D eigenvalue weighted by molar-refractivity contribution is 8.13. The molecule has 2 aliphatic heterocycles. The van der Waals surface area contributed by atoms with E-state index in [9.17, 15) is 9.59 Å². The van der Waals surface area contributed by atoms with Gasteiger partial charge >= 0.3 is 0 Å². The van der Waals surface area contributed by atoms with Crippen LogP contribution in [0.1, 0.15) is 10.9 Å². The number of hydrogen-bond donors (Lipinski definition) is 1. The third-order valence-corrected chi connectivity index (χ3v) is 5.90. The molecule has 2 aliphatic rings. The molecule has 0 aliphatic carbocycles. The Morgan fingerprint density at radius 1 is 1.35 bits per heavy atom.